The lowest BCUT2D eigenvalue weighted by molar-refractivity contribution is 1.19. The van der Waals surface area contributed by atoms with E-state index in [1.54, 1.807) is 0 Å². The van der Waals surface area contributed by atoms with Gasteiger partial charge in [0.15, 0.2) is 5.82 Å². The highest BCUT2D eigenvalue weighted by molar-refractivity contribution is 6.23. The van der Waals surface area contributed by atoms with Gasteiger partial charge in [0.2, 0.25) is 0 Å². The average Bonchev–Trinajstić information content (AvgIpc) is 3.25. The molecule has 2 heteroatoms. The molecule has 0 bridgehead atoms. The summed E-state index contributed by atoms with van der Waals surface area (Å²) in [5.41, 5.74) is 7.43. The first-order valence-corrected chi connectivity index (χ1v) is 18.5. The number of hydrogen-bond acceptors (Lipinski definition) is 2. The molecule has 0 radical (unpaired) electrons. The van der Waals surface area contributed by atoms with Crippen LogP contribution >= 0.6 is 0 Å². The standard InChI is InChI=1S/C52H32N2/c1-2-15-36(16-3-1)52-53-48(32-49(54-52)46-24-12-18-35-26-25-34-14-5-8-20-39(34)50(35)46)43-29-30-44(42-23-11-10-22-41(42)43)51-40-21-9-6-17-37(40)31-47-38-19-7-4-13-33(38)27-28-45(47)51/h1-32H. The second kappa shape index (κ2) is 12.2. The van der Waals surface area contributed by atoms with Crippen LogP contribution in [0.3, 0.4) is 0 Å². The summed E-state index contributed by atoms with van der Waals surface area (Å²) in [7, 11) is 0. The summed E-state index contributed by atoms with van der Waals surface area (Å²) in [4.78, 5) is 10.6. The maximum absolute atomic E-state index is 5.32. The van der Waals surface area contributed by atoms with Crippen LogP contribution in [0.4, 0.5) is 0 Å². The van der Waals surface area contributed by atoms with Crippen LogP contribution in [0.1, 0.15) is 0 Å². The largest absolute Gasteiger partial charge is 0.228 e. The number of benzene rings is 10. The summed E-state index contributed by atoms with van der Waals surface area (Å²) in [5, 5.41) is 14.7. The molecule has 0 aliphatic rings. The van der Waals surface area contributed by atoms with E-state index < -0.39 is 0 Å². The normalized spacial score (nSPS) is 11.7. The summed E-state index contributed by atoms with van der Waals surface area (Å²) in [6, 6.07) is 69.9. The Labute approximate surface area is 312 Å². The molecule has 54 heavy (non-hydrogen) atoms. The minimum atomic E-state index is 0.709. The Bertz CT molecular complexity index is 3270. The molecule has 0 fully saturated rings. The summed E-state index contributed by atoms with van der Waals surface area (Å²) < 4.78 is 0. The van der Waals surface area contributed by atoms with Crippen LogP contribution in [-0.2, 0) is 0 Å². The Morgan fingerprint density at radius 3 is 1.63 bits per heavy atom. The first-order chi connectivity index (χ1) is 26.8. The van der Waals surface area contributed by atoms with Crippen LogP contribution < -0.4 is 0 Å². The predicted molar refractivity (Wildman–Crippen MR) is 229 cm³/mol. The molecule has 0 atom stereocenters. The van der Waals surface area contributed by atoms with E-state index >= 15 is 0 Å². The highest BCUT2D eigenvalue weighted by Crippen LogP contribution is 2.44. The van der Waals surface area contributed by atoms with Crippen molar-refractivity contribution in [3.63, 3.8) is 0 Å². The zero-order chi connectivity index (χ0) is 35.6. The van der Waals surface area contributed by atoms with Crippen molar-refractivity contribution in [3.8, 4) is 45.0 Å². The topological polar surface area (TPSA) is 25.8 Å². The second-order valence-electron chi connectivity index (χ2n) is 14.1. The Kier molecular flexibility index (Phi) is 6.90. The Morgan fingerprint density at radius 2 is 0.833 bits per heavy atom. The van der Waals surface area contributed by atoms with Gasteiger partial charge in [0.05, 0.1) is 11.4 Å². The van der Waals surface area contributed by atoms with E-state index in [1.807, 2.05) is 6.07 Å². The average molecular weight is 685 g/mol. The summed E-state index contributed by atoms with van der Waals surface area (Å²) in [5.74, 6) is 0.709. The molecule has 1 heterocycles. The third-order valence-electron chi connectivity index (χ3n) is 11.0. The number of rotatable bonds is 4. The van der Waals surface area contributed by atoms with Gasteiger partial charge in [-0.05, 0) is 87.9 Å². The summed E-state index contributed by atoms with van der Waals surface area (Å²) in [6.45, 7) is 0. The maximum Gasteiger partial charge on any atom is 0.160 e. The van der Waals surface area contributed by atoms with Crippen LogP contribution in [0.2, 0.25) is 0 Å². The molecule has 0 aliphatic heterocycles. The minimum Gasteiger partial charge on any atom is -0.228 e. The molecule has 250 valence electrons. The van der Waals surface area contributed by atoms with Gasteiger partial charge in [0, 0.05) is 16.7 Å². The number of hydrogen-bond donors (Lipinski definition) is 0. The first kappa shape index (κ1) is 30.5. The van der Waals surface area contributed by atoms with E-state index in [1.165, 1.54) is 70.4 Å². The molecular weight excluding hydrogens is 653 g/mol. The van der Waals surface area contributed by atoms with Crippen molar-refractivity contribution in [1.29, 1.82) is 0 Å². The van der Waals surface area contributed by atoms with Crippen LogP contribution in [0.25, 0.3) is 110 Å². The fraction of sp³-hybridized carbons (Fsp3) is 0. The van der Waals surface area contributed by atoms with E-state index in [4.69, 9.17) is 9.97 Å². The van der Waals surface area contributed by atoms with Gasteiger partial charge in [-0.1, -0.05) is 182 Å². The minimum absolute atomic E-state index is 0.709. The van der Waals surface area contributed by atoms with Crippen molar-refractivity contribution >= 4 is 64.6 Å². The van der Waals surface area contributed by atoms with Crippen molar-refractivity contribution in [2.75, 3.05) is 0 Å². The zero-order valence-corrected chi connectivity index (χ0v) is 29.4. The van der Waals surface area contributed by atoms with Crippen molar-refractivity contribution < 1.29 is 0 Å². The third kappa shape index (κ3) is 4.81. The molecule has 0 amide bonds. The zero-order valence-electron chi connectivity index (χ0n) is 29.4. The molecular formula is C52H32N2. The lowest BCUT2D eigenvalue weighted by Gasteiger charge is -2.18. The van der Waals surface area contributed by atoms with Crippen LogP contribution in [0.5, 0.6) is 0 Å². The molecule has 11 aromatic rings. The predicted octanol–water partition coefficient (Wildman–Crippen LogP) is 14.1. The number of fused-ring (bicyclic) bond motifs is 8. The fourth-order valence-corrected chi connectivity index (χ4v) is 8.56. The van der Waals surface area contributed by atoms with Gasteiger partial charge in [-0.25, -0.2) is 9.97 Å². The Morgan fingerprint density at radius 1 is 0.278 bits per heavy atom. The van der Waals surface area contributed by atoms with Crippen LogP contribution in [-0.4, -0.2) is 9.97 Å². The van der Waals surface area contributed by atoms with Gasteiger partial charge in [-0.15, -0.1) is 0 Å². The van der Waals surface area contributed by atoms with Gasteiger partial charge in [-0.2, -0.15) is 0 Å². The van der Waals surface area contributed by atoms with Crippen molar-refractivity contribution in [1.82, 2.24) is 9.97 Å². The quantitative estimate of drug-likeness (QED) is 0.136. The summed E-state index contributed by atoms with van der Waals surface area (Å²) in [6.07, 6.45) is 0. The first-order valence-electron chi connectivity index (χ1n) is 18.5. The van der Waals surface area contributed by atoms with E-state index in [0.29, 0.717) is 5.82 Å². The molecule has 0 N–H and O–H groups in total. The van der Waals surface area contributed by atoms with E-state index in [-0.39, 0.29) is 0 Å². The maximum atomic E-state index is 5.32. The van der Waals surface area contributed by atoms with E-state index in [0.717, 1.165) is 33.5 Å². The number of aromatic nitrogens is 2. The monoisotopic (exact) mass is 684 g/mol. The second-order valence-corrected chi connectivity index (χ2v) is 14.1. The van der Waals surface area contributed by atoms with Crippen LogP contribution in [0, 0.1) is 0 Å². The highest BCUT2D eigenvalue weighted by Gasteiger charge is 2.19. The van der Waals surface area contributed by atoms with E-state index in [2.05, 4.69) is 188 Å². The van der Waals surface area contributed by atoms with Gasteiger partial charge >= 0.3 is 0 Å². The molecule has 0 saturated heterocycles. The molecule has 2 nitrogen and oxygen atoms in total. The van der Waals surface area contributed by atoms with Crippen molar-refractivity contribution in [2.45, 2.75) is 0 Å². The summed E-state index contributed by atoms with van der Waals surface area (Å²) >= 11 is 0. The lowest BCUT2D eigenvalue weighted by atomic mass is 9.86. The van der Waals surface area contributed by atoms with E-state index in [9.17, 15) is 0 Å². The molecule has 10 aromatic carbocycles. The van der Waals surface area contributed by atoms with Gasteiger partial charge in [0.25, 0.3) is 0 Å². The third-order valence-corrected chi connectivity index (χ3v) is 11.0. The molecule has 11 rings (SSSR count). The smallest absolute Gasteiger partial charge is 0.160 e. The molecule has 0 saturated carbocycles. The SMILES string of the molecule is c1ccc(-c2nc(-c3ccc(-c4c5ccccc5cc5c4ccc4ccccc45)c4ccccc34)cc(-c3cccc4ccc5ccccc5c34)n2)cc1. The van der Waals surface area contributed by atoms with Crippen molar-refractivity contribution in [3.05, 3.63) is 194 Å². The van der Waals surface area contributed by atoms with Gasteiger partial charge < -0.3 is 0 Å². The lowest BCUT2D eigenvalue weighted by Crippen LogP contribution is -1.97. The Hall–Kier alpha value is -7.16. The Balaban J connectivity index is 1.19. The van der Waals surface area contributed by atoms with Crippen molar-refractivity contribution in [2.24, 2.45) is 0 Å². The van der Waals surface area contributed by atoms with Gasteiger partial charge in [-0.3, -0.25) is 0 Å². The molecule has 0 aliphatic carbocycles. The number of nitrogens with zero attached hydrogens (tertiary/aromatic N) is 2. The van der Waals surface area contributed by atoms with Crippen LogP contribution in [0.15, 0.2) is 194 Å². The van der Waals surface area contributed by atoms with Gasteiger partial charge in [0.1, 0.15) is 0 Å². The molecule has 0 unspecified atom stereocenters. The molecule has 1 aromatic heterocycles. The highest BCUT2D eigenvalue weighted by atomic mass is 14.9. The fourth-order valence-electron chi connectivity index (χ4n) is 8.56. The molecule has 0 spiro atoms.